The number of methoxy groups -OCH3 is 1. The molecule has 2 aromatic rings. The average Bonchev–Trinajstić information content (AvgIpc) is 3.25. The standard InChI is InChI=1S/C24H22F3N3O4/c1-13(31)29-16-5-3-15(19(10-16)24(25,26)27)12-34-20-6-4-14(9-21(20)33-2)18-11-22(32)30-23-17(18)7-8-28-23/h3-7,9-10,18H,8,11-12H2,1-2H3,(H,29,31)(H,28,30,32). The van der Waals surface area contributed by atoms with Crippen molar-refractivity contribution in [1.82, 2.24) is 5.32 Å². The van der Waals surface area contributed by atoms with Gasteiger partial charge in [0.05, 0.1) is 19.2 Å². The number of hydrogen-bond donors (Lipinski definition) is 2. The number of anilines is 1. The van der Waals surface area contributed by atoms with Gasteiger partial charge in [-0.25, -0.2) is 0 Å². The summed E-state index contributed by atoms with van der Waals surface area (Å²) in [5, 5.41) is 5.11. The molecule has 1 unspecified atom stereocenters. The number of hydrogen-bond acceptors (Lipinski definition) is 5. The second-order valence-corrected chi connectivity index (χ2v) is 7.90. The topological polar surface area (TPSA) is 89.0 Å². The van der Waals surface area contributed by atoms with Gasteiger partial charge < -0.3 is 20.1 Å². The van der Waals surface area contributed by atoms with E-state index in [-0.39, 0.29) is 41.9 Å². The number of alkyl halides is 3. The van der Waals surface area contributed by atoms with Gasteiger partial charge in [-0.3, -0.25) is 14.6 Å². The minimum Gasteiger partial charge on any atom is -0.493 e. The van der Waals surface area contributed by atoms with Gasteiger partial charge in [-0.2, -0.15) is 13.2 Å². The van der Waals surface area contributed by atoms with Gasteiger partial charge in [0.1, 0.15) is 12.4 Å². The zero-order valence-electron chi connectivity index (χ0n) is 18.5. The molecule has 4 rings (SSSR count). The van der Waals surface area contributed by atoms with Crippen molar-refractivity contribution in [3.63, 3.8) is 0 Å². The predicted octanol–water partition coefficient (Wildman–Crippen LogP) is 4.19. The van der Waals surface area contributed by atoms with Crippen molar-refractivity contribution in [1.29, 1.82) is 0 Å². The summed E-state index contributed by atoms with van der Waals surface area (Å²) in [4.78, 5) is 27.6. The highest BCUT2D eigenvalue weighted by Gasteiger charge is 2.34. The van der Waals surface area contributed by atoms with Crippen LogP contribution in [-0.2, 0) is 22.4 Å². The fourth-order valence-electron chi connectivity index (χ4n) is 4.04. The van der Waals surface area contributed by atoms with E-state index < -0.39 is 17.6 Å². The summed E-state index contributed by atoms with van der Waals surface area (Å²) < 4.78 is 51.9. The number of nitrogens with one attached hydrogen (secondary N) is 2. The Balaban J connectivity index is 1.57. The molecule has 2 aromatic carbocycles. The van der Waals surface area contributed by atoms with E-state index >= 15 is 0 Å². The second kappa shape index (κ2) is 9.20. The number of fused-ring (bicyclic) bond motifs is 1. The van der Waals surface area contributed by atoms with Crippen molar-refractivity contribution in [2.24, 2.45) is 4.99 Å². The average molecular weight is 473 g/mol. The van der Waals surface area contributed by atoms with Gasteiger partial charge in [-0.1, -0.05) is 18.2 Å². The number of piperidine rings is 1. The van der Waals surface area contributed by atoms with E-state index in [4.69, 9.17) is 9.47 Å². The Bertz CT molecular complexity index is 1200. The maximum atomic E-state index is 13.6. The monoisotopic (exact) mass is 473 g/mol. The summed E-state index contributed by atoms with van der Waals surface area (Å²) in [7, 11) is 1.44. The zero-order valence-corrected chi connectivity index (χ0v) is 18.5. The molecule has 0 aromatic heterocycles. The van der Waals surface area contributed by atoms with E-state index in [9.17, 15) is 22.8 Å². The lowest BCUT2D eigenvalue weighted by molar-refractivity contribution is -0.138. The first-order chi connectivity index (χ1) is 16.2. The van der Waals surface area contributed by atoms with E-state index in [0.717, 1.165) is 17.2 Å². The van der Waals surface area contributed by atoms with Gasteiger partial charge >= 0.3 is 6.18 Å². The Labute approximate surface area is 193 Å². The van der Waals surface area contributed by atoms with Crippen LogP contribution in [0.5, 0.6) is 11.5 Å². The van der Waals surface area contributed by atoms with Crippen molar-refractivity contribution in [3.8, 4) is 11.5 Å². The molecule has 2 aliphatic heterocycles. The Morgan fingerprint density at radius 3 is 2.71 bits per heavy atom. The van der Waals surface area contributed by atoms with Crippen LogP contribution in [0.25, 0.3) is 0 Å². The summed E-state index contributed by atoms with van der Waals surface area (Å²) in [5.41, 5.74) is 0.808. The molecule has 0 spiro atoms. The molecule has 34 heavy (non-hydrogen) atoms. The zero-order chi connectivity index (χ0) is 24.5. The molecular formula is C24H22F3N3O4. The number of rotatable bonds is 6. The Hall–Kier alpha value is -3.82. The molecule has 0 saturated carbocycles. The van der Waals surface area contributed by atoms with Gasteiger partial charge in [0, 0.05) is 36.1 Å². The highest BCUT2D eigenvalue weighted by Crippen LogP contribution is 2.39. The van der Waals surface area contributed by atoms with Crippen molar-refractivity contribution >= 4 is 23.3 Å². The lowest BCUT2D eigenvalue weighted by atomic mass is 9.85. The van der Waals surface area contributed by atoms with Crippen LogP contribution >= 0.6 is 0 Å². The molecule has 0 radical (unpaired) electrons. The van der Waals surface area contributed by atoms with E-state index in [2.05, 4.69) is 15.6 Å². The van der Waals surface area contributed by atoms with E-state index in [1.807, 2.05) is 6.08 Å². The van der Waals surface area contributed by atoms with Crippen LogP contribution in [0.4, 0.5) is 18.9 Å². The first kappa shape index (κ1) is 23.3. The van der Waals surface area contributed by atoms with Crippen LogP contribution in [-0.4, -0.2) is 31.3 Å². The lowest BCUT2D eigenvalue weighted by Crippen LogP contribution is -2.38. The van der Waals surface area contributed by atoms with E-state index in [1.165, 1.54) is 26.2 Å². The van der Waals surface area contributed by atoms with Crippen molar-refractivity contribution < 1.29 is 32.2 Å². The third-order valence-corrected chi connectivity index (χ3v) is 5.57. The minimum absolute atomic E-state index is 0.0474. The number of amidine groups is 1. The van der Waals surface area contributed by atoms with Crippen LogP contribution in [0.3, 0.4) is 0 Å². The summed E-state index contributed by atoms with van der Waals surface area (Å²) in [6, 6.07) is 8.64. The molecule has 2 heterocycles. The van der Waals surface area contributed by atoms with E-state index in [0.29, 0.717) is 18.1 Å². The molecule has 2 aliphatic rings. The Morgan fingerprint density at radius 1 is 1.21 bits per heavy atom. The highest BCUT2D eigenvalue weighted by atomic mass is 19.4. The molecule has 10 heteroatoms. The molecular weight excluding hydrogens is 451 g/mol. The Morgan fingerprint density at radius 2 is 2.00 bits per heavy atom. The van der Waals surface area contributed by atoms with Crippen molar-refractivity contribution in [2.45, 2.75) is 32.0 Å². The van der Waals surface area contributed by atoms with Crippen LogP contribution < -0.4 is 20.1 Å². The number of carbonyl (C=O) groups excluding carboxylic acids is 2. The first-order valence-electron chi connectivity index (χ1n) is 10.5. The smallest absolute Gasteiger partial charge is 0.416 e. The summed E-state index contributed by atoms with van der Waals surface area (Å²) >= 11 is 0. The molecule has 2 amide bonds. The van der Waals surface area contributed by atoms with Crippen molar-refractivity contribution in [3.05, 3.63) is 64.7 Å². The third-order valence-electron chi connectivity index (χ3n) is 5.57. The molecule has 2 N–H and O–H groups in total. The quantitative estimate of drug-likeness (QED) is 0.659. The van der Waals surface area contributed by atoms with Crippen LogP contribution in [0, 0.1) is 0 Å². The maximum Gasteiger partial charge on any atom is 0.416 e. The molecule has 0 aliphatic carbocycles. The summed E-state index contributed by atoms with van der Waals surface area (Å²) in [6.07, 6.45) is -2.42. The Kier molecular flexibility index (Phi) is 6.32. The van der Waals surface area contributed by atoms with Crippen molar-refractivity contribution in [2.75, 3.05) is 19.0 Å². The molecule has 1 saturated heterocycles. The molecule has 7 nitrogen and oxygen atoms in total. The third kappa shape index (κ3) is 4.90. The van der Waals surface area contributed by atoms with Crippen LogP contribution in [0.2, 0.25) is 0 Å². The number of amides is 2. The normalized spacial score (nSPS) is 17.3. The SMILES string of the molecule is COc1cc(C2CC(=O)NC3=NCC=C32)ccc1OCc1ccc(NC(C)=O)cc1C(F)(F)F. The number of carbonyl (C=O) groups is 2. The number of nitrogens with zero attached hydrogens (tertiary/aromatic N) is 1. The molecule has 1 fully saturated rings. The van der Waals surface area contributed by atoms with E-state index in [1.54, 1.807) is 18.2 Å². The van der Waals surface area contributed by atoms with Gasteiger partial charge in [0.15, 0.2) is 11.5 Å². The molecule has 178 valence electrons. The first-order valence-corrected chi connectivity index (χ1v) is 10.5. The largest absolute Gasteiger partial charge is 0.493 e. The van der Waals surface area contributed by atoms with Gasteiger partial charge in [-0.15, -0.1) is 0 Å². The second-order valence-electron chi connectivity index (χ2n) is 7.90. The van der Waals surface area contributed by atoms with Crippen LogP contribution in [0.15, 0.2) is 53.0 Å². The number of ether oxygens (including phenoxy) is 2. The molecule has 0 bridgehead atoms. The fraction of sp³-hybridized carbons (Fsp3) is 0.292. The summed E-state index contributed by atoms with van der Waals surface area (Å²) in [6.45, 7) is 1.36. The fourth-order valence-corrected chi connectivity index (χ4v) is 4.04. The summed E-state index contributed by atoms with van der Waals surface area (Å²) in [5.74, 6) is 0.372. The van der Waals surface area contributed by atoms with Gasteiger partial charge in [0.25, 0.3) is 0 Å². The predicted molar refractivity (Wildman–Crippen MR) is 119 cm³/mol. The van der Waals surface area contributed by atoms with Gasteiger partial charge in [-0.05, 0) is 29.8 Å². The van der Waals surface area contributed by atoms with Gasteiger partial charge in [0.2, 0.25) is 11.8 Å². The molecule has 1 atom stereocenters. The number of aliphatic imine (C=N–C) groups is 1. The number of halogens is 3. The highest BCUT2D eigenvalue weighted by molar-refractivity contribution is 6.12. The minimum atomic E-state index is -4.63. The number of benzene rings is 2. The lowest BCUT2D eigenvalue weighted by Gasteiger charge is -2.26. The van der Waals surface area contributed by atoms with Crippen LogP contribution in [0.1, 0.15) is 36.0 Å². The maximum absolute atomic E-state index is 13.6.